The number of nitrogens with zero attached hydrogens (tertiary/aromatic N) is 3. The van der Waals surface area contributed by atoms with Gasteiger partial charge < -0.3 is 14.8 Å². The lowest BCUT2D eigenvalue weighted by atomic mass is 10.2. The summed E-state index contributed by atoms with van der Waals surface area (Å²) in [6.07, 6.45) is 2.61. The van der Waals surface area contributed by atoms with E-state index in [4.69, 9.17) is 9.47 Å². The zero-order valence-corrected chi connectivity index (χ0v) is 21.2. The van der Waals surface area contributed by atoms with Crippen molar-refractivity contribution in [2.75, 3.05) is 18.5 Å². The summed E-state index contributed by atoms with van der Waals surface area (Å²) in [7, 11) is 0. The monoisotopic (exact) mass is 534 g/mol. The third-order valence-corrected chi connectivity index (χ3v) is 6.10. The molecule has 1 saturated heterocycles. The first-order chi connectivity index (χ1) is 18.2. The van der Waals surface area contributed by atoms with Gasteiger partial charge in [0.2, 0.25) is 11.8 Å². The number of aromatic nitrogens is 1. The molecule has 0 atom stereocenters. The summed E-state index contributed by atoms with van der Waals surface area (Å²) in [5.74, 6) is -0.273. The third-order valence-electron chi connectivity index (χ3n) is 5.19. The van der Waals surface area contributed by atoms with Gasteiger partial charge in [-0.05, 0) is 67.1 Å². The van der Waals surface area contributed by atoms with E-state index in [-0.39, 0.29) is 16.5 Å². The number of imide groups is 1. The molecule has 11 nitrogen and oxygen atoms in total. The standard InChI is InChI=1S/C26H22N4O7S/c1-3-36-21-12-17(7-9-20(21)37-24-10-8-19(14-27-24)30(34)35)13-22-25(32)29(26(33)38-22)15-23(31)28-18-6-4-5-16(2)11-18/h4-14H,3,15H2,1-2H3,(H,28,31)/b22-13-. The lowest BCUT2D eigenvalue weighted by molar-refractivity contribution is -0.385. The average Bonchev–Trinajstić information content (AvgIpc) is 3.13. The van der Waals surface area contributed by atoms with Gasteiger partial charge in [0.15, 0.2) is 11.5 Å². The van der Waals surface area contributed by atoms with Crippen LogP contribution in [-0.4, -0.2) is 45.0 Å². The molecule has 38 heavy (non-hydrogen) atoms. The molecule has 0 radical (unpaired) electrons. The van der Waals surface area contributed by atoms with Crippen molar-refractivity contribution in [1.82, 2.24) is 9.88 Å². The van der Waals surface area contributed by atoms with E-state index in [1.54, 1.807) is 43.3 Å². The van der Waals surface area contributed by atoms with Crippen molar-refractivity contribution < 1.29 is 28.8 Å². The number of thioether (sulfide) groups is 1. The first kappa shape index (κ1) is 26.4. The lowest BCUT2D eigenvalue weighted by Gasteiger charge is -2.13. The molecule has 194 valence electrons. The van der Waals surface area contributed by atoms with E-state index in [0.29, 0.717) is 29.4 Å². The van der Waals surface area contributed by atoms with E-state index in [1.807, 2.05) is 13.0 Å². The second-order valence-corrected chi connectivity index (χ2v) is 9.03. The number of ether oxygens (including phenoxy) is 2. The fraction of sp³-hybridized carbons (Fsp3) is 0.154. The van der Waals surface area contributed by atoms with Gasteiger partial charge in [-0.3, -0.25) is 29.4 Å². The molecule has 1 aliphatic heterocycles. The molecule has 2 aromatic carbocycles. The van der Waals surface area contributed by atoms with Gasteiger partial charge in [0.05, 0.1) is 16.4 Å². The smallest absolute Gasteiger partial charge is 0.294 e. The van der Waals surface area contributed by atoms with Gasteiger partial charge in [-0.25, -0.2) is 4.98 Å². The van der Waals surface area contributed by atoms with Crippen LogP contribution >= 0.6 is 11.8 Å². The molecule has 0 bridgehead atoms. The molecule has 0 spiro atoms. The normalized spacial score (nSPS) is 14.1. The summed E-state index contributed by atoms with van der Waals surface area (Å²) < 4.78 is 11.4. The first-order valence-corrected chi connectivity index (χ1v) is 12.2. The van der Waals surface area contributed by atoms with Crippen LogP contribution in [0, 0.1) is 17.0 Å². The summed E-state index contributed by atoms with van der Waals surface area (Å²) in [5.41, 5.74) is 1.93. The van der Waals surface area contributed by atoms with Crippen LogP contribution in [0.15, 0.2) is 65.7 Å². The number of aryl methyl sites for hydroxylation is 1. The molecule has 1 N–H and O–H groups in total. The van der Waals surface area contributed by atoms with E-state index >= 15 is 0 Å². The number of carbonyl (C=O) groups is 3. The van der Waals surface area contributed by atoms with E-state index in [0.717, 1.165) is 28.4 Å². The number of pyridine rings is 1. The Labute approximate surface area is 221 Å². The summed E-state index contributed by atoms with van der Waals surface area (Å²) in [4.78, 5) is 53.0. The number of nitrogens with one attached hydrogen (secondary N) is 1. The molecule has 0 aliphatic carbocycles. The average molecular weight is 535 g/mol. The zero-order valence-electron chi connectivity index (χ0n) is 20.4. The number of rotatable bonds is 9. The minimum atomic E-state index is -0.576. The van der Waals surface area contributed by atoms with Gasteiger partial charge in [0.1, 0.15) is 12.7 Å². The molecule has 1 aliphatic rings. The molecular formula is C26H22N4O7S. The summed E-state index contributed by atoms with van der Waals surface area (Å²) in [5, 5.41) is 13.0. The summed E-state index contributed by atoms with van der Waals surface area (Å²) in [6.45, 7) is 3.59. The molecule has 0 saturated carbocycles. The molecule has 1 fully saturated rings. The molecule has 12 heteroatoms. The number of carbonyl (C=O) groups excluding carboxylic acids is 3. The maximum Gasteiger partial charge on any atom is 0.294 e. The van der Waals surface area contributed by atoms with Gasteiger partial charge in [-0.15, -0.1) is 0 Å². The number of anilines is 1. The number of nitro groups is 1. The summed E-state index contributed by atoms with van der Waals surface area (Å²) in [6, 6.07) is 14.7. The summed E-state index contributed by atoms with van der Waals surface area (Å²) >= 11 is 0.738. The Bertz CT molecular complexity index is 1440. The number of hydrogen-bond donors (Lipinski definition) is 1. The fourth-order valence-electron chi connectivity index (χ4n) is 3.48. The predicted octanol–water partition coefficient (Wildman–Crippen LogP) is 5.16. The van der Waals surface area contributed by atoms with E-state index in [9.17, 15) is 24.5 Å². The van der Waals surface area contributed by atoms with Crippen LogP contribution in [0.3, 0.4) is 0 Å². The first-order valence-electron chi connectivity index (χ1n) is 11.4. The van der Waals surface area contributed by atoms with E-state index < -0.39 is 28.5 Å². The molecule has 3 amide bonds. The van der Waals surface area contributed by atoms with E-state index in [2.05, 4.69) is 10.3 Å². The minimum absolute atomic E-state index is 0.134. The van der Waals surface area contributed by atoms with Crippen molar-refractivity contribution in [3.63, 3.8) is 0 Å². The van der Waals surface area contributed by atoms with Crippen molar-refractivity contribution in [3.05, 3.63) is 86.9 Å². The van der Waals surface area contributed by atoms with Crippen molar-refractivity contribution >= 4 is 46.3 Å². The molecule has 3 aromatic rings. The maximum atomic E-state index is 12.9. The van der Waals surface area contributed by atoms with Crippen LogP contribution < -0.4 is 14.8 Å². The van der Waals surface area contributed by atoms with Crippen LogP contribution in [0.25, 0.3) is 6.08 Å². The van der Waals surface area contributed by atoms with Crippen LogP contribution in [-0.2, 0) is 9.59 Å². The minimum Gasteiger partial charge on any atom is -0.490 e. The van der Waals surface area contributed by atoms with Crippen LogP contribution in [0.4, 0.5) is 16.2 Å². The van der Waals surface area contributed by atoms with Gasteiger partial charge >= 0.3 is 0 Å². The Balaban J connectivity index is 1.47. The maximum absolute atomic E-state index is 12.9. The van der Waals surface area contributed by atoms with Gasteiger partial charge in [0.25, 0.3) is 16.8 Å². The zero-order chi connectivity index (χ0) is 27.2. The molecule has 1 aromatic heterocycles. The van der Waals surface area contributed by atoms with Crippen molar-refractivity contribution in [2.24, 2.45) is 0 Å². The quantitative estimate of drug-likeness (QED) is 0.224. The highest BCUT2D eigenvalue weighted by Crippen LogP contribution is 2.36. The highest BCUT2D eigenvalue weighted by atomic mass is 32.2. The van der Waals surface area contributed by atoms with Crippen molar-refractivity contribution in [3.8, 4) is 17.4 Å². The number of amides is 3. The van der Waals surface area contributed by atoms with Crippen LogP contribution in [0.2, 0.25) is 0 Å². The van der Waals surface area contributed by atoms with Gasteiger partial charge in [0, 0.05) is 17.8 Å². The topological polar surface area (TPSA) is 141 Å². The van der Waals surface area contributed by atoms with Gasteiger partial charge in [-0.2, -0.15) is 0 Å². The number of benzene rings is 2. The third kappa shape index (κ3) is 6.34. The highest BCUT2D eigenvalue weighted by Gasteiger charge is 2.36. The second-order valence-electron chi connectivity index (χ2n) is 8.04. The Morgan fingerprint density at radius 1 is 1.16 bits per heavy atom. The Kier molecular flexibility index (Phi) is 8.02. The van der Waals surface area contributed by atoms with Crippen molar-refractivity contribution in [2.45, 2.75) is 13.8 Å². The largest absolute Gasteiger partial charge is 0.490 e. The molecule has 0 unspecified atom stereocenters. The highest BCUT2D eigenvalue weighted by molar-refractivity contribution is 8.18. The Morgan fingerprint density at radius 3 is 2.66 bits per heavy atom. The second kappa shape index (κ2) is 11.6. The van der Waals surface area contributed by atoms with Crippen LogP contribution in [0.5, 0.6) is 17.4 Å². The Hall–Kier alpha value is -4.71. The van der Waals surface area contributed by atoms with Gasteiger partial charge in [-0.1, -0.05) is 18.2 Å². The molecule has 4 rings (SSSR count). The predicted molar refractivity (Wildman–Crippen MR) is 141 cm³/mol. The number of hydrogen-bond acceptors (Lipinski definition) is 9. The molecule has 2 heterocycles. The fourth-order valence-corrected chi connectivity index (χ4v) is 4.31. The Morgan fingerprint density at radius 2 is 1.97 bits per heavy atom. The lowest BCUT2D eigenvalue weighted by Crippen LogP contribution is -2.36. The van der Waals surface area contributed by atoms with Crippen LogP contribution in [0.1, 0.15) is 18.1 Å². The molecular weight excluding hydrogens is 512 g/mol. The SMILES string of the molecule is CCOc1cc(/C=C2\SC(=O)N(CC(=O)Nc3cccc(C)c3)C2=O)ccc1Oc1ccc([N+](=O)[O-])cn1. The van der Waals surface area contributed by atoms with E-state index in [1.165, 1.54) is 18.2 Å². The van der Waals surface area contributed by atoms with Crippen molar-refractivity contribution in [1.29, 1.82) is 0 Å².